The first-order chi connectivity index (χ1) is 9.86. The molecule has 0 radical (unpaired) electrons. The lowest BCUT2D eigenvalue weighted by atomic mass is 10.2. The SMILES string of the molecule is Cc1nc(S(=O)(=O)N(CC(N)=NO)C2CCCC2)cn1C. The first-order valence-corrected chi connectivity index (χ1v) is 8.28. The van der Waals surface area contributed by atoms with E-state index < -0.39 is 10.0 Å². The van der Waals surface area contributed by atoms with E-state index in [4.69, 9.17) is 10.9 Å². The zero-order valence-electron chi connectivity index (χ0n) is 12.2. The van der Waals surface area contributed by atoms with Crippen molar-refractivity contribution in [1.82, 2.24) is 13.9 Å². The normalized spacial score (nSPS) is 17.8. The Bertz CT molecular complexity index is 612. The van der Waals surface area contributed by atoms with E-state index in [1.807, 2.05) is 0 Å². The first kappa shape index (κ1) is 15.8. The third-order valence-corrected chi connectivity index (χ3v) is 5.61. The minimum absolute atomic E-state index is 0.000129. The van der Waals surface area contributed by atoms with Crippen LogP contribution in [0, 0.1) is 6.92 Å². The summed E-state index contributed by atoms with van der Waals surface area (Å²) >= 11 is 0. The van der Waals surface area contributed by atoms with E-state index in [2.05, 4.69) is 10.1 Å². The van der Waals surface area contributed by atoms with Crippen LogP contribution in [0.5, 0.6) is 0 Å². The Morgan fingerprint density at radius 1 is 1.57 bits per heavy atom. The minimum Gasteiger partial charge on any atom is -0.409 e. The maximum Gasteiger partial charge on any atom is 0.262 e. The molecule has 1 aliphatic rings. The van der Waals surface area contributed by atoms with Gasteiger partial charge in [0.1, 0.15) is 5.82 Å². The fourth-order valence-electron chi connectivity index (χ4n) is 2.56. The van der Waals surface area contributed by atoms with Gasteiger partial charge in [0.15, 0.2) is 10.9 Å². The van der Waals surface area contributed by atoms with Gasteiger partial charge in [-0.3, -0.25) is 0 Å². The molecule has 0 atom stereocenters. The maximum absolute atomic E-state index is 12.8. The molecule has 118 valence electrons. The molecule has 0 saturated heterocycles. The van der Waals surface area contributed by atoms with Crippen molar-refractivity contribution in [3.63, 3.8) is 0 Å². The summed E-state index contributed by atoms with van der Waals surface area (Å²) < 4.78 is 28.5. The molecule has 21 heavy (non-hydrogen) atoms. The Hall–Kier alpha value is -1.61. The average molecular weight is 315 g/mol. The molecular formula is C12H21N5O3S. The zero-order chi connectivity index (χ0) is 15.6. The summed E-state index contributed by atoms with van der Waals surface area (Å²) in [7, 11) is -2.02. The van der Waals surface area contributed by atoms with Crippen LogP contribution >= 0.6 is 0 Å². The molecule has 1 aromatic heterocycles. The van der Waals surface area contributed by atoms with Crippen LogP contribution in [0.4, 0.5) is 0 Å². The number of hydrogen-bond acceptors (Lipinski definition) is 5. The van der Waals surface area contributed by atoms with Gasteiger partial charge >= 0.3 is 0 Å². The van der Waals surface area contributed by atoms with Gasteiger partial charge in [0, 0.05) is 19.3 Å². The molecule has 1 fully saturated rings. The lowest BCUT2D eigenvalue weighted by Gasteiger charge is -2.26. The lowest BCUT2D eigenvalue weighted by Crippen LogP contribution is -2.44. The second-order valence-electron chi connectivity index (χ2n) is 5.32. The number of rotatable bonds is 5. The van der Waals surface area contributed by atoms with Crippen molar-refractivity contribution in [2.24, 2.45) is 17.9 Å². The number of hydrogen-bond donors (Lipinski definition) is 2. The van der Waals surface area contributed by atoms with E-state index >= 15 is 0 Å². The van der Waals surface area contributed by atoms with Gasteiger partial charge in [-0.05, 0) is 19.8 Å². The Labute approximate surface area is 124 Å². The summed E-state index contributed by atoms with van der Waals surface area (Å²) in [5.41, 5.74) is 5.52. The minimum atomic E-state index is -3.76. The van der Waals surface area contributed by atoms with Crippen LogP contribution in [0.1, 0.15) is 31.5 Å². The van der Waals surface area contributed by atoms with E-state index in [1.54, 1.807) is 18.5 Å². The molecule has 0 aromatic carbocycles. The van der Waals surface area contributed by atoms with Gasteiger partial charge in [0.05, 0.1) is 6.54 Å². The van der Waals surface area contributed by atoms with Crippen molar-refractivity contribution in [1.29, 1.82) is 0 Å². The number of aryl methyl sites for hydroxylation is 2. The van der Waals surface area contributed by atoms with Crippen LogP contribution in [-0.2, 0) is 17.1 Å². The van der Waals surface area contributed by atoms with E-state index in [1.165, 1.54) is 10.5 Å². The molecule has 1 saturated carbocycles. The van der Waals surface area contributed by atoms with Crippen LogP contribution < -0.4 is 5.73 Å². The van der Waals surface area contributed by atoms with Gasteiger partial charge in [-0.1, -0.05) is 18.0 Å². The molecule has 2 rings (SSSR count). The van der Waals surface area contributed by atoms with Crippen molar-refractivity contribution in [2.75, 3.05) is 6.54 Å². The van der Waals surface area contributed by atoms with Gasteiger partial charge in [0.2, 0.25) is 0 Å². The fraction of sp³-hybridized carbons (Fsp3) is 0.667. The molecule has 1 heterocycles. The third-order valence-electron chi connectivity index (χ3n) is 3.84. The summed E-state index contributed by atoms with van der Waals surface area (Å²) in [5.74, 6) is 0.488. The average Bonchev–Trinajstić information content (AvgIpc) is 3.06. The third kappa shape index (κ3) is 3.18. The lowest BCUT2D eigenvalue weighted by molar-refractivity contribution is 0.308. The number of nitrogens with zero attached hydrogens (tertiary/aromatic N) is 4. The number of amidine groups is 1. The summed E-state index contributed by atoms with van der Waals surface area (Å²) in [6, 6.07) is -0.127. The standard InChI is InChI=1S/C12H21N5O3S/c1-9-14-12(8-16(9)2)21(19,20)17(7-11(13)15-18)10-5-3-4-6-10/h8,10,18H,3-7H2,1-2H3,(H2,13,15). The quantitative estimate of drug-likeness (QED) is 0.353. The molecule has 3 N–H and O–H groups in total. The Morgan fingerprint density at radius 2 is 2.19 bits per heavy atom. The van der Waals surface area contributed by atoms with Crippen molar-refractivity contribution in [2.45, 2.75) is 43.7 Å². The second kappa shape index (κ2) is 6.02. The number of aromatic nitrogens is 2. The van der Waals surface area contributed by atoms with Crippen molar-refractivity contribution < 1.29 is 13.6 Å². The second-order valence-corrected chi connectivity index (χ2v) is 7.15. The highest BCUT2D eigenvalue weighted by Crippen LogP contribution is 2.28. The monoisotopic (exact) mass is 315 g/mol. The predicted octanol–water partition coefficient (Wildman–Crippen LogP) is 0.408. The van der Waals surface area contributed by atoms with E-state index in [0.717, 1.165) is 25.7 Å². The molecule has 0 bridgehead atoms. The smallest absolute Gasteiger partial charge is 0.262 e. The molecule has 1 aliphatic carbocycles. The summed E-state index contributed by atoms with van der Waals surface area (Å²) in [4.78, 5) is 4.10. The van der Waals surface area contributed by atoms with Crippen molar-refractivity contribution in [3.05, 3.63) is 12.0 Å². The molecule has 1 aromatic rings. The summed E-state index contributed by atoms with van der Waals surface area (Å²) in [6.07, 6.45) is 5.01. The predicted molar refractivity (Wildman–Crippen MR) is 77.5 cm³/mol. The highest BCUT2D eigenvalue weighted by atomic mass is 32.2. The van der Waals surface area contributed by atoms with Gasteiger partial charge in [-0.2, -0.15) is 4.31 Å². The van der Waals surface area contributed by atoms with Gasteiger partial charge in [0.25, 0.3) is 10.0 Å². The van der Waals surface area contributed by atoms with E-state index in [0.29, 0.717) is 5.82 Å². The summed E-state index contributed by atoms with van der Waals surface area (Å²) in [6.45, 7) is 1.61. The molecule has 9 heteroatoms. The highest BCUT2D eigenvalue weighted by Gasteiger charge is 2.35. The number of nitrogens with two attached hydrogens (primary N) is 1. The molecule has 0 spiro atoms. The van der Waals surface area contributed by atoms with Gasteiger partial charge < -0.3 is 15.5 Å². The molecule has 0 unspecified atom stereocenters. The van der Waals surface area contributed by atoms with Crippen LogP contribution in [0.3, 0.4) is 0 Å². The van der Waals surface area contributed by atoms with Crippen LogP contribution in [-0.4, -0.2) is 45.9 Å². The van der Waals surface area contributed by atoms with E-state index in [9.17, 15) is 8.42 Å². The molecule has 8 nitrogen and oxygen atoms in total. The van der Waals surface area contributed by atoms with Gasteiger partial charge in [-0.15, -0.1) is 0 Å². The Kier molecular flexibility index (Phi) is 4.52. The first-order valence-electron chi connectivity index (χ1n) is 6.84. The summed E-state index contributed by atoms with van der Waals surface area (Å²) in [5, 5.41) is 11.6. The van der Waals surface area contributed by atoms with Gasteiger partial charge in [-0.25, -0.2) is 13.4 Å². The van der Waals surface area contributed by atoms with Crippen LogP contribution in [0.25, 0.3) is 0 Å². The number of sulfonamides is 1. The van der Waals surface area contributed by atoms with Crippen molar-refractivity contribution >= 4 is 15.9 Å². The molecular weight excluding hydrogens is 294 g/mol. The van der Waals surface area contributed by atoms with Crippen LogP contribution in [0.2, 0.25) is 0 Å². The Balaban J connectivity index is 2.38. The Morgan fingerprint density at radius 3 is 2.67 bits per heavy atom. The largest absolute Gasteiger partial charge is 0.409 e. The highest BCUT2D eigenvalue weighted by molar-refractivity contribution is 7.89. The zero-order valence-corrected chi connectivity index (χ0v) is 13.0. The van der Waals surface area contributed by atoms with Crippen LogP contribution in [0.15, 0.2) is 16.4 Å². The number of oxime groups is 1. The van der Waals surface area contributed by atoms with E-state index in [-0.39, 0.29) is 23.4 Å². The molecule has 0 aliphatic heterocycles. The number of imidazole rings is 1. The molecule has 0 amide bonds. The topological polar surface area (TPSA) is 114 Å². The maximum atomic E-state index is 12.8. The van der Waals surface area contributed by atoms with Crippen molar-refractivity contribution in [3.8, 4) is 0 Å². The fourth-order valence-corrected chi connectivity index (χ4v) is 4.25.